The normalized spacial score (nSPS) is 35.3. The molecular weight excluding hydrogens is 250 g/mol. The zero-order valence-corrected chi connectivity index (χ0v) is 10.4. The molecule has 1 aliphatic rings. The van der Waals surface area contributed by atoms with Crippen LogP contribution in [0.2, 0.25) is 0 Å². The molecule has 5 atom stereocenters. The summed E-state index contributed by atoms with van der Waals surface area (Å²) in [7, 11) is 0. The van der Waals surface area contributed by atoms with Gasteiger partial charge in [0.05, 0.1) is 19.3 Å². The Bertz CT molecular complexity index is 386. The second kappa shape index (κ2) is 6.42. The smallest absolute Gasteiger partial charge is 0.176 e. The minimum Gasteiger partial charge on any atom is -0.394 e. The van der Waals surface area contributed by atoms with Gasteiger partial charge < -0.3 is 30.5 Å². The minimum atomic E-state index is -1.21. The predicted molar refractivity (Wildman–Crippen MR) is 67.0 cm³/mol. The molecule has 1 aliphatic heterocycles. The third kappa shape index (κ3) is 3.30. The summed E-state index contributed by atoms with van der Waals surface area (Å²) >= 11 is 0. The molecule has 1 aromatic rings. The molecule has 0 amide bonds. The van der Waals surface area contributed by atoms with E-state index in [4.69, 9.17) is 20.3 Å². The van der Waals surface area contributed by atoms with Crippen molar-refractivity contribution in [2.45, 2.75) is 37.3 Å². The first kappa shape index (κ1) is 14.4. The van der Waals surface area contributed by atoms with E-state index in [-0.39, 0.29) is 6.61 Å². The van der Waals surface area contributed by atoms with Gasteiger partial charge in [0, 0.05) is 0 Å². The van der Waals surface area contributed by atoms with Crippen molar-refractivity contribution in [3.8, 4) is 0 Å². The molecule has 6 heteroatoms. The fourth-order valence-electron chi connectivity index (χ4n) is 2.01. The Labute approximate surface area is 111 Å². The third-order valence-corrected chi connectivity index (χ3v) is 3.19. The van der Waals surface area contributed by atoms with E-state index in [1.807, 2.05) is 30.3 Å². The summed E-state index contributed by atoms with van der Waals surface area (Å²) in [5.74, 6) is 0. The lowest BCUT2D eigenvalue weighted by molar-refractivity contribution is -0.269. The maximum absolute atomic E-state index is 9.77. The Morgan fingerprint density at radius 2 is 1.84 bits per heavy atom. The van der Waals surface area contributed by atoms with Gasteiger partial charge in [-0.25, -0.2) is 0 Å². The first-order valence-corrected chi connectivity index (χ1v) is 6.17. The van der Waals surface area contributed by atoms with Crippen LogP contribution in [0.15, 0.2) is 30.3 Å². The van der Waals surface area contributed by atoms with E-state index in [0.29, 0.717) is 0 Å². The van der Waals surface area contributed by atoms with E-state index in [1.54, 1.807) is 0 Å². The van der Waals surface area contributed by atoms with Crippen LogP contribution in [0.1, 0.15) is 5.56 Å². The highest BCUT2D eigenvalue weighted by molar-refractivity contribution is 5.13. The van der Waals surface area contributed by atoms with Gasteiger partial charge >= 0.3 is 0 Å². The number of benzene rings is 1. The molecule has 6 nitrogen and oxygen atoms in total. The van der Waals surface area contributed by atoms with Crippen molar-refractivity contribution in [3.05, 3.63) is 35.9 Å². The Kier molecular flexibility index (Phi) is 4.87. The van der Waals surface area contributed by atoms with Crippen molar-refractivity contribution in [3.63, 3.8) is 0 Å². The molecule has 5 N–H and O–H groups in total. The molecule has 0 unspecified atom stereocenters. The second-order valence-electron chi connectivity index (χ2n) is 4.58. The van der Waals surface area contributed by atoms with Crippen LogP contribution in [0.25, 0.3) is 0 Å². The summed E-state index contributed by atoms with van der Waals surface area (Å²) in [6.07, 6.45) is -4.16. The number of nitrogens with two attached hydrogens (primary N) is 1. The first-order valence-electron chi connectivity index (χ1n) is 6.17. The lowest BCUT2D eigenvalue weighted by atomic mass is 9.98. The molecule has 1 aromatic carbocycles. The lowest BCUT2D eigenvalue weighted by Crippen LogP contribution is -2.62. The highest BCUT2D eigenvalue weighted by atomic mass is 16.7. The van der Waals surface area contributed by atoms with Crippen molar-refractivity contribution in [1.29, 1.82) is 0 Å². The zero-order chi connectivity index (χ0) is 13.8. The lowest BCUT2D eigenvalue weighted by Gasteiger charge is -2.40. The quantitative estimate of drug-likeness (QED) is 0.557. The Morgan fingerprint density at radius 3 is 2.47 bits per heavy atom. The van der Waals surface area contributed by atoms with E-state index in [9.17, 15) is 10.2 Å². The van der Waals surface area contributed by atoms with E-state index in [2.05, 4.69) is 0 Å². The van der Waals surface area contributed by atoms with Gasteiger partial charge in [0.2, 0.25) is 0 Å². The molecule has 0 spiro atoms. The molecular formula is C13H19NO5. The number of aliphatic hydroxyl groups excluding tert-OH is 3. The van der Waals surface area contributed by atoms with Gasteiger partial charge in [-0.2, -0.15) is 0 Å². The topological polar surface area (TPSA) is 105 Å². The summed E-state index contributed by atoms with van der Waals surface area (Å²) in [6, 6.07) is 8.59. The fourth-order valence-corrected chi connectivity index (χ4v) is 2.01. The fraction of sp³-hybridized carbons (Fsp3) is 0.538. The molecule has 0 bridgehead atoms. The molecule has 0 aliphatic carbocycles. The summed E-state index contributed by atoms with van der Waals surface area (Å²) < 4.78 is 10.8. The van der Waals surface area contributed by atoms with Crippen molar-refractivity contribution in [2.24, 2.45) is 5.73 Å². The highest BCUT2D eigenvalue weighted by Gasteiger charge is 2.42. The molecule has 1 fully saturated rings. The highest BCUT2D eigenvalue weighted by Crippen LogP contribution is 2.21. The van der Waals surface area contributed by atoms with Crippen molar-refractivity contribution < 1.29 is 24.8 Å². The molecule has 2 rings (SSSR count). The maximum Gasteiger partial charge on any atom is 0.176 e. The van der Waals surface area contributed by atoms with Crippen LogP contribution in [-0.2, 0) is 16.1 Å². The Balaban J connectivity index is 1.95. The van der Waals surface area contributed by atoms with E-state index < -0.39 is 37.3 Å². The van der Waals surface area contributed by atoms with Crippen LogP contribution in [0.4, 0.5) is 0 Å². The number of ether oxygens (including phenoxy) is 2. The van der Waals surface area contributed by atoms with Crippen LogP contribution >= 0.6 is 0 Å². The predicted octanol–water partition coefficient (Wildman–Crippen LogP) is -1.03. The van der Waals surface area contributed by atoms with Crippen molar-refractivity contribution >= 4 is 0 Å². The standard InChI is InChI=1S/C13H19NO5/c14-10-12(17)11(16)9(6-15)19-13(10)18-7-8-4-2-1-3-5-8/h1-5,9-13,15-17H,6-7,14H2/t9-,10+,11+,12+,13+/m0/s1. The zero-order valence-electron chi connectivity index (χ0n) is 10.4. The summed E-state index contributed by atoms with van der Waals surface area (Å²) in [6.45, 7) is -0.129. The molecule has 0 saturated carbocycles. The SMILES string of the molecule is N[C@H]1[C@H](OCc2ccccc2)O[C@@H](CO)[C@@H](O)[C@@H]1O. The van der Waals surface area contributed by atoms with Crippen LogP contribution in [0, 0.1) is 0 Å². The summed E-state index contributed by atoms with van der Waals surface area (Å²) in [5, 5.41) is 28.5. The Hall–Kier alpha value is -1.02. The number of rotatable bonds is 4. The van der Waals surface area contributed by atoms with Gasteiger partial charge in [-0.05, 0) is 5.56 Å². The van der Waals surface area contributed by atoms with Crippen molar-refractivity contribution in [1.82, 2.24) is 0 Å². The third-order valence-electron chi connectivity index (χ3n) is 3.19. The summed E-state index contributed by atoms with van der Waals surface area (Å²) in [5.41, 5.74) is 6.70. The Morgan fingerprint density at radius 1 is 1.16 bits per heavy atom. The van der Waals surface area contributed by atoms with Gasteiger partial charge in [0.1, 0.15) is 18.3 Å². The molecule has 0 radical (unpaired) electrons. The second-order valence-corrected chi connectivity index (χ2v) is 4.58. The molecule has 106 valence electrons. The van der Waals surface area contributed by atoms with Gasteiger partial charge in [-0.1, -0.05) is 30.3 Å². The monoisotopic (exact) mass is 269 g/mol. The van der Waals surface area contributed by atoms with Gasteiger partial charge in [-0.15, -0.1) is 0 Å². The minimum absolute atomic E-state index is 0.278. The van der Waals surface area contributed by atoms with Crippen LogP contribution in [-0.4, -0.2) is 52.6 Å². The number of hydrogen-bond donors (Lipinski definition) is 4. The average Bonchev–Trinajstić information content (AvgIpc) is 2.45. The largest absolute Gasteiger partial charge is 0.394 e. The van der Waals surface area contributed by atoms with Crippen LogP contribution < -0.4 is 5.73 Å². The average molecular weight is 269 g/mol. The van der Waals surface area contributed by atoms with Crippen LogP contribution in [0.3, 0.4) is 0 Å². The van der Waals surface area contributed by atoms with Gasteiger partial charge in [0.15, 0.2) is 6.29 Å². The summed E-state index contributed by atoms with van der Waals surface area (Å²) in [4.78, 5) is 0. The molecule has 0 aromatic heterocycles. The number of aliphatic hydroxyl groups is 3. The molecule has 19 heavy (non-hydrogen) atoms. The number of hydrogen-bond acceptors (Lipinski definition) is 6. The van der Waals surface area contributed by atoms with Gasteiger partial charge in [-0.3, -0.25) is 0 Å². The van der Waals surface area contributed by atoms with E-state index in [1.165, 1.54) is 0 Å². The van der Waals surface area contributed by atoms with Gasteiger partial charge in [0.25, 0.3) is 0 Å². The first-order chi connectivity index (χ1) is 9.13. The molecule has 1 heterocycles. The van der Waals surface area contributed by atoms with E-state index >= 15 is 0 Å². The van der Waals surface area contributed by atoms with E-state index in [0.717, 1.165) is 5.56 Å². The molecule has 1 saturated heterocycles. The maximum atomic E-state index is 9.77. The van der Waals surface area contributed by atoms with Crippen molar-refractivity contribution in [2.75, 3.05) is 6.61 Å². The van der Waals surface area contributed by atoms with Crippen LogP contribution in [0.5, 0.6) is 0 Å².